The van der Waals surface area contributed by atoms with Crippen molar-refractivity contribution >= 4 is 61.5 Å². The van der Waals surface area contributed by atoms with Crippen LogP contribution in [0, 0.1) is 27.7 Å². The van der Waals surface area contributed by atoms with E-state index in [1.54, 1.807) is 6.92 Å². The van der Waals surface area contributed by atoms with Gasteiger partial charge in [0, 0.05) is 21.9 Å². The number of hydrogen-bond acceptors (Lipinski definition) is 8. The summed E-state index contributed by atoms with van der Waals surface area (Å²) in [4.78, 5) is 47.0. The minimum atomic E-state index is -0.430. The molecule has 0 unspecified atom stereocenters. The summed E-state index contributed by atoms with van der Waals surface area (Å²) in [5.74, 6) is -0.192. The summed E-state index contributed by atoms with van der Waals surface area (Å²) in [6.45, 7) is 9.65. The van der Waals surface area contributed by atoms with Gasteiger partial charge >= 0.3 is 5.97 Å². The molecule has 0 saturated carbocycles. The fourth-order valence-electron chi connectivity index (χ4n) is 2.90. The molecule has 30 heavy (non-hydrogen) atoms. The molecule has 160 valence electrons. The maximum absolute atomic E-state index is 12.4. The van der Waals surface area contributed by atoms with Crippen molar-refractivity contribution in [2.45, 2.75) is 46.2 Å². The van der Waals surface area contributed by atoms with E-state index in [0.29, 0.717) is 31.7 Å². The number of thioether (sulfide) groups is 1. The van der Waals surface area contributed by atoms with Gasteiger partial charge in [-0.2, -0.15) is 0 Å². The maximum Gasteiger partial charge on any atom is 0.341 e. The zero-order valence-electron chi connectivity index (χ0n) is 17.4. The SMILES string of the molecule is CCOC(=O)c1c(NC(=O)CCSc2nc3sc(C)c(C)c3c(=O)[nH]2)sc(C)c1C. The van der Waals surface area contributed by atoms with Gasteiger partial charge in [0.05, 0.1) is 17.6 Å². The van der Waals surface area contributed by atoms with Crippen molar-refractivity contribution in [2.24, 2.45) is 0 Å². The van der Waals surface area contributed by atoms with Gasteiger partial charge in [-0.3, -0.25) is 9.59 Å². The van der Waals surface area contributed by atoms with E-state index in [4.69, 9.17) is 4.74 Å². The van der Waals surface area contributed by atoms with E-state index in [0.717, 1.165) is 20.9 Å². The lowest BCUT2D eigenvalue weighted by atomic mass is 10.1. The highest BCUT2D eigenvalue weighted by Gasteiger charge is 2.22. The third-order valence-electron chi connectivity index (χ3n) is 4.70. The van der Waals surface area contributed by atoms with Gasteiger partial charge in [-0.25, -0.2) is 9.78 Å². The third-order valence-corrected chi connectivity index (χ3v) is 7.80. The molecule has 1 amide bonds. The van der Waals surface area contributed by atoms with Crippen LogP contribution in [0.3, 0.4) is 0 Å². The van der Waals surface area contributed by atoms with Crippen molar-refractivity contribution < 1.29 is 14.3 Å². The van der Waals surface area contributed by atoms with E-state index in [9.17, 15) is 14.4 Å². The first-order valence-electron chi connectivity index (χ1n) is 9.42. The number of rotatable bonds is 7. The Morgan fingerprint density at radius 1 is 1.13 bits per heavy atom. The lowest BCUT2D eigenvalue weighted by Gasteiger charge is -2.07. The van der Waals surface area contributed by atoms with Gasteiger partial charge in [0.1, 0.15) is 9.83 Å². The van der Waals surface area contributed by atoms with Crippen molar-refractivity contribution in [1.29, 1.82) is 0 Å². The molecule has 0 bridgehead atoms. The first-order valence-corrected chi connectivity index (χ1v) is 12.0. The fraction of sp³-hybridized carbons (Fsp3) is 0.400. The Labute approximate surface area is 186 Å². The molecule has 3 aromatic heterocycles. The van der Waals surface area contributed by atoms with Crippen LogP contribution in [0.4, 0.5) is 5.00 Å². The molecule has 3 aromatic rings. The Morgan fingerprint density at radius 3 is 2.53 bits per heavy atom. The average molecular weight is 466 g/mol. The Balaban J connectivity index is 1.65. The maximum atomic E-state index is 12.4. The first-order chi connectivity index (χ1) is 14.2. The summed E-state index contributed by atoms with van der Waals surface area (Å²) < 4.78 is 5.11. The Morgan fingerprint density at radius 2 is 1.83 bits per heavy atom. The number of anilines is 1. The van der Waals surface area contributed by atoms with Crippen molar-refractivity contribution in [3.8, 4) is 0 Å². The fourth-order valence-corrected chi connectivity index (χ4v) is 5.85. The van der Waals surface area contributed by atoms with Gasteiger partial charge in [0.2, 0.25) is 5.91 Å². The summed E-state index contributed by atoms with van der Waals surface area (Å²) in [6, 6.07) is 0. The van der Waals surface area contributed by atoms with Crippen LogP contribution in [0.1, 0.15) is 44.6 Å². The summed E-state index contributed by atoms with van der Waals surface area (Å²) in [7, 11) is 0. The number of carbonyl (C=O) groups is 2. The largest absolute Gasteiger partial charge is 0.462 e. The van der Waals surface area contributed by atoms with Crippen LogP contribution >= 0.6 is 34.4 Å². The van der Waals surface area contributed by atoms with Crippen molar-refractivity contribution in [1.82, 2.24) is 9.97 Å². The van der Waals surface area contributed by atoms with Gasteiger partial charge in [-0.1, -0.05) is 11.8 Å². The van der Waals surface area contributed by atoms with E-state index >= 15 is 0 Å². The van der Waals surface area contributed by atoms with Gasteiger partial charge < -0.3 is 15.0 Å². The molecule has 0 aromatic carbocycles. The predicted molar refractivity (Wildman–Crippen MR) is 123 cm³/mol. The number of carbonyl (C=O) groups excluding carboxylic acids is 2. The summed E-state index contributed by atoms with van der Waals surface area (Å²) >= 11 is 4.18. The summed E-state index contributed by atoms with van der Waals surface area (Å²) in [5.41, 5.74) is 2.04. The van der Waals surface area contributed by atoms with Crippen LogP contribution in [0.25, 0.3) is 10.2 Å². The minimum absolute atomic E-state index is 0.155. The smallest absolute Gasteiger partial charge is 0.341 e. The molecular weight excluding hydrogens is 442 g/mol. The molecule has 0 spiro atoms. The Bertz CT molecular complexity index is 1180. The van der Waals surface area contributed by atoms with E-state index in [1.807, 2.05) is 27.7 Å². The number of aromatic nitrogens is 2. The van der Waals surface area contributed by atoms with Crippen LogP contribution in [0.2, 0.25) is 0 Å². The number of esters is 1. The third kappa shape index (κ3) is 4.60. The van der Waals surface area contributed by atoms with Crippen molar-refractivity contribution in [3.63, 3.8) is 0 Å². The zero-order chi connectivity index (χ0) is 22.0. The van der Waals surface area contributed by atoms with E-state index < -0.39 is 5.97 Å². The van der Waals surface area contributed by atoms with Gasteiger partial charge in [-0.05, 0) is 45.7 Å². The predicted octanol–water partition coefficient (Wildman–Crippen LogP) is 4.58. The number of nitrogens with zero attached hydrogens (tertiary/aromatic N) is 1. The lowest BCUT2D eigenvalue weighted by Crippen LogP contribution is -2.15. The second-order valence-corrected chi connectivity index (χ2v) is 10.2. The summed E-state index contributed by atoms with van der Waals surface area (Å²) in [6.07, 6.45) is 0.215. The number of hydrogen-bond donors (Lipinski definition) is 2. The van der Waals surface area contributed by atoms with Crippen LogP contribution < -0.4 is 10.9 Å². The highest BCUT2D eigenvalue weighted by atomic mass is 32.2. The lowest BCUT2D eigenvalue weighted by molar-refractivity contribution is -0.115. The topological polar surface area (TPSA) is 101 Å². The minimum Gasteiger partial charge on any atom is -0.462 e. The summed E-state index contributed by atoms with van der Waals surface area (Å²) in [5, 5.41) is 4.47. The van der Waals surface area contributed by atoms with Crippen LogP contribution in [0.15, 0.2) is 9.95 Å². The molecule has 0 fully saturated rings. The molecule has 0 saturated heterocycles. The van der Waals surface area contributed by atoms with Gasteiger partial charge in [-0.15, -0.1) is 22.7 Å². The monoisotopic (exact) mass is 465 g/mol. The van der Waals surface area contributed by atoms with Crippen molar-refractivity contribution in [2.75, 3.05) is 17.7 Å². The second kappa shape index (κ2) is 9.32. The van der Waals surface area contributed by atoms with E-state index in [-0.39, 0.29) is 24.5 Å². The molecule has 7 nitrogen and oxygen atoms in total. The van der Waals surface area contributed by atoms with Gasteiger partial charge in [0.15, 0.2) is 5.16 Å². The molecular formula is C20H23N3O4S3. The average Bonchev–Trinajstić information content (AvgIpc) is 3.11. The quantitative estimate of drug-likeness (QED) is 0.301. The standard InChI is InChI=1S/C20H23N3O4S3/c1-6-27-19(26)15-10(3)12(5)30-18(15)21-13(24)7-8-28-20-22-16(25)14-9(2)11(4)29-17(14)23-20/h6-8H2,1-5H3,(H,21,24)(H,22,23,25). The number of fused-ring (bicyclic) bond motifs is 1. The first kappa shape index (κ1) is 22.5. The number of thiophene rings is 2. The molecule has 0 aliphatic heterocycles. The molecule has 0 radical (unpaired) electrons. The molecule has 0 aliphatic carbocycles. The van der Waals surface area contributed by atoms with Crippen LogP contribution in [-0.4, -0.2) is 34.2 Å². The Hall–Kier alpha value is -2.17. The number of amides is 1. The van der Waals surface area contributed by atoms with Gasteiger partial charge in [0.25, 0.3) is 5.56 Å². The normalized spacial score (nSPS) is 11.1. The van der Waals surface area contributed by atoms with E-state index in [2.05, 4.69) is 15.3 Å². The number of H-pyrrole nitrogens is 1. The molecule has 10 heteroatoms. The highest BCUT2D eigenvalue weighted by molar-refractivity contribution is 7.99. The number of aromatic amines is 1. The van der Waals surface area contributed by atoms with Crippen molar-refractivity contribution in [3.05, 3.63) is 36.8 Å². The second-order valence-electron chi connectivity index (χ2n) is 6.69. The zero-order valence-corrected chi connectivity index (χ0v) is 19.9. The van der Waals surface area contributed by atoms with Crippen LogP contribution in [-0.2, 0) is 9.53 Å². The molecule has 3 rings (SSSR count). The molecule has 2 N–H and O–H groups in total. The Kier molecular flexibility index (Phi) is 6.99. The molecule has 3 heterocycles. The van der Waals surface area contributed by atoms with Crippen LogP contribution in [0.5, 0.6) is 0 Å². The molecule has 0 atom stereocenters. The number of nitrogens with one attached hydrogen (secondary N) is 2. The molecule has 0 aliphatic rings. The highest BCUT2D eigenvalue weighted by Crippen LogP contribution is 2.33. The van der Waals surface area contributed by atoms with E-state index in [1.165, 1.54) is 34.4 Å². The number of ether oxygens (including phenoxy) is 1. The number of aryl methyl sites for hydroxylation is 3.